The van der Waals surface area contributed by atoms with Crippen LogP contribution in [0.5, 0.6) is 0 Å². The van der Waals surface area contributed by atoms with Gasteiger partial charge in [0.05, 0.1) is 30.0 Å². The number of alkyl carbamates (subject to hydrolysis) is 1. The molecule has 0 spiro atoms. The molecule has 0 heterocycles. The van der Waals surface area contributed by atoms with E-state index in [-0.39, 0.29) is 30.7 Å². The largest absolute Gasteiger partial charge is 0.460 e. The molecule has 240 valence electrons. The van der Waals surface area contributed by atoms with Gasteiger partial charge in [-0.05, 0) is 79.1 Å². The van der Waals surface area contributed by atoms with E-state index in [1.807, 2.05) is 20.8 Å². The number of ketones is 2. The number of carbonyl (C=O) groups is 5. The normalized spacial score (nSPS) is 16.4. The summed E-state index contributed by atoms with van der Waals surface area (Å²) in [6, 6.07) is -0.775. The minimum atomic E-state index is -1.31. The van der Waals surface area contributed by atoms with E-state index >= 15 is 0 Å². The molecule has 15 nitrogen and oxygen atoms in total. The van der Waals surface area contributed by atoms with Gasteiger partial charge in [-0.3, -0.25) is 9.59 Å². The first-order valence-corrected chi connectivity index (χ1v) is 14.9. The van der Waals surface area contributed by atoms with Crippen LogP contribution in [0.15, 0.2) is 0 Å². The Labute approximate surface area is 253 Å². The Morgan fingerprint density at radius 2 is 1.19 bits per heavy atom. The highest BCUT2D eigenvalue weighted by Crippen LogP contribution is 2.35. The fourth-order valence-corrected chi connectivity index (χ4v) is 4.52. The van der Waals surface area contributed by atoms with Gasteiger partial charge in [-0.2, -0.15) is 9.58 Å². The van der Waals surface area contributed by atoms with E-state index in [9.17, 15) is 28.2 Å². The third-order valence-electron chi connectivity index (χ3n) is 6.20. The molecule has 2 fully saturated rings. The molecule has 2 unspecified atom stereocenters. The molecule has 16 heteroatoms. The summed E-state index contributed by atoms with van der Waals surface area (Å²) in [6.07, 6.45) is 2.79. The summed E-state index contributed by atoms with van der Waals surface area (Å²) in [5, 5.41) is 2.63. The molecule has 0 aromatic rings. The zero-order chi connectivity index (χ0) is 33.1. The first-order valence-electron chi connectivity index (χ1n) is 13.7. The van der Waals surface area contributed by atoms with Crippen molar-refractivity contribution in [1.82, 2.24) is 10.0 Å². The second-order valence-electron chi connectivity index (χ2n) is 12.2. The Bertz CT molecular complexity index is 1200. The van der Waals surface area contributed by atoms with Gasteiger partial charge in [0.15, 0.2) is 0 Å². The lowest BCUT2D eigenvalue weighted by Gasteiger charge is -2.23. The number of amides is 1. The highest BCUT2D eigenvalue weighted by atomic mass is 32.2. The third-order valence-corrected chi connectivity index (χ3v) is 7.82. The number of esters is 2. The van der Waals surface area contributed by atoms with E-state index in [0.717, 1.165) is 39.9 Å². The van der Waals surface area contributed by atoms with Crippen LogP contribution in [0.2, 0.25) is 0 Å². The second-order valence-corrected chi connectivity index (χ2v) is 14.2. The molecule has 0 bridgehead atoms. The Morgan fingerprint density at radius 1 is 0.791 bits per heavy atom. The monoisotopic (exact) mass is 626 g/mol. The smallest absolute Gasteiger partial charge is 0.441 e. The van der Waals surface area contributed by atoms with Crippen LogP contribution in [0.4, 0.5) is 4.79 Å². The molecule has 0 aromatic heterocycles. The Morgan fingerprint density at radius 3 is 1.51 bits per heavy atom. The summed E-state index contributed by atoms with van der Waals surface area (Å²) in [6.45, 7) is 10.7. The lowest BCUT2D eigenvalue weighted by molar-refractivity contribution is -0.140. The maximum atomic E-state index is 12.1. The first kappa shape index (κ1) is 37.4. The molecular formula is C27H42N6O9S. The topological polar surface area (TPSA) is 227 Å². The third kappa shape index (κ3) is 13.5. The van der Waals surface area contributed by atoms with Gasteiger partial charge in [-0.1, -0.05) is 0 Å². The first-order chi connectivity index (χ1) is 19.9. The minimum Gasteiger partial charge on any atom is -0.460 e. The molecule has 3 atom stereocenters. The Kier molecular flexibility index (Phi) is 14.2. The van der Waals surface area contributed by atoms with Crippen molar-refractivity contribution in [2.24, 2.45) is 11.8 Å². The molecule has 0 aromatic carbocycles. The van der Waals surface area contributed by atoms with Gasteiger partial charge in [0, 0.05) is 24.9 Å². The van der Waals surface area contributed by atoms with Crippen LogP contribution < -0.4 is 10.0 Å². The van der Waals surface area contributed by atoms with Gasteiger partial charge in [-0.15, -0.1) is 0 Å². The number of rotatable bonds is 13. The molecule has 2 aliphatic rings. The molecule has 0 radical (unpaired) electrons. The number of hydrogen-bond acceptors (Lipinski definition) is 9. The van der Waals surface area contributed by atoms with Crippen molar-refractivity contribution in [3.63, 3.8) is 0 Å². The predicted molar refractivity (Wildman–Crippen MR) is 154 cm³/mol. The molecular weight excluding hydrogens is 584 g/mol. The fourth-order valence-electron chi connectivity index (χ4n) is 3.62. The molecule has 1 amide bonds. The van der Waals surface area contributed by atoms with E-state index in [0.29, 0.717) is 0 Å². The van der Waals surface area contributed by atoms with Crippen LogP contribution >= 0.6 is 0 Å². The van der Waals surface area contributed by atoms with Crippen LogP contribution in [0.25, 0.3) is 11.1 Å². The van der Waals surface area contributed by atoms with Crippen LogP contribution in [0.3, 0.4) is 0 Å². The van der Waals surface area contributed by atoms with Crippen LogP contribution in [0, 0.1) is 11.8 Å². The average Bonchev–Trinajstić information content (AvgIpc) is 3.80. The van der Waals surface area contributed by atoms with Gasteiger partial charge in [-0.25, -0.2) is 23.3 Å². The number of carbonyl (C=O) groups excluding carboxylic acids is 5. The summed E-state index contributed by atoms with van der Waals surface area (Å²) in [5.74, 6) is -2.91. The molecule has 0 saturated heterocycles. The maximum absolute atomic E-state index is 12.1. The molecule has 2 rings (SSSR count). The van der Waals surface area contributed by atoms with E-state index in [1.165, 1.54) is 0 Å². The maximum Gasteiger partial charge on any atom is 0.441 e. The Hall–Kier alpha value is -3.58. The van der Waals surface area contributed by atoms with Crippen molar-refractivity contribution in [3.05, 3.63) is 11.1 Å². The minimum absolute atomic E-state index is 0.0546. The van der Waals surface area contributed by atoms with Crippen molar-refractivity contribution in [2.75, 3.05) is 14.2 Å². The van der Waals surface area contributed by atoms with Gasteiger partial charge in [0.25, 0.3) is 11.6 Å². The summed E-state index contributed by atoms with van der Waals surface area (Å²) < 4.78 is 28.5. The quantitative estimate of drug-likeness (QED) is 0.0756. The standard InChI is InChI=1S/C14H21N3O5.C13H21N3O4S/c1-14(2,3)22-13(20)16-9(8-5-6-8)7-10(18)11(17-15)12(19)21-4;1-13(2,3)21(19)16-9(8-5-6-8)7-10(17)11(15-14)12(18)20-4/h8-9H,5-7H2,1-4H3,(H,16,20);8-9,16H,5-7H2,1-4H3/t;9-,21?/m.0/s1. The molecule has 0 aliphatic heterocycles. The highest BCUT2D eigenvalue weighted by Gasteiger charge is 2.41. The van der Waals surface area contributed by atoms with Gasteiger partial charge < -0.3 is 30.6 Å². The summed E-state index contributed by atoms with van der Waals surface area (Å²) >= 11 is 0. The number of nitrogens with zero attached hydrogens (tertiary/aromatic N) is 4. The lowest BCUT2D eigenvalue weighted by atomic mass is 10.0. The van der Waals surface area contributed by atoms with Crippen molar-refractivity contribution >= 4 is 52.0 Å². The lowest BCUT2D eigenvalue weighted by Crippen LogP contribution is -2.43. The van der Waals surface area contributed by atoms with E-state index in [4.69, 9.17) is 15.8 Å². The summed E-state index contributed by atoms with van der Waals surface area (Å²) in [4.78, 5) is 63.8. The molecule has 43 heavy (non-hydrogen) atoms. The predicted octanol–water partition coefficient (Wildman–Crippen LogP) is 1.71. The summed E-state index contributed by atoms with van der Waals surface area (Å²) in [5.41, 5.74) is 15.6. The van der Waals surface area contributed by atoms with E-state index in [1.54, 1.807) is 20.8 Å². The molecule has 2 saturated carbocycles. The number of Topliss-reactive ketones (excluding diaryl/α,β-unsaturated/α-hetero) is 2. The number of hydrogen-bond donors (Lipinski definition) is 2. The van der Waals surface area contributed by atoms with Gasteiger partial charge in [0.2, 0.25) is 0 Å². The summed E-state index contributed by atoms with van der Waals surface area (Å²) in [7, 11) is 0.872. The highest BCUT2D eigenvalue weighted by molar-refractivity contribution is 7.84. The molecule has 2 N–H and O–H groups in total. The van der Waals surface area contributed by atoms with Crippen molar-refractivity contribution in [1.29, 1.82) is 0 Å². The molecule has 2 aliphatic carbocycles. The fraction of sp³-hybridized carbons (Fsp3) is 0.741. The van der Waals surface area contributed by atoms with E-state index < -0.39 is 68.4 Å². The van der Waals surface area contributed by atoms with Crippen LogP contribution in [0.1, 0.15) is 80.1 Å². The average molecular weight is 627 g/mol. The van der Waals surface area contributed by atoms with Crippen LogP contribution in [-0.2, 0) is 44.4 Å². The zero-order valence-electron chi connectivity index (χ0n) is 25.9. The number of nitrogens with one attached hydrogen (secondary N) is 2. The van der Waals surface area contributed by atoms with E-state index in [2.05, 4.69) is 29.1 Å². The number of methoxy groups -OCH3 is 2. The second kappa shape index (κ2) is 16.3. The van der Waals surface area contributed by atoms with Gasteiger partial charge in [0.1, 0.15) is 5.60 Å². The van der Waals surface area contributed by atoms with Crippen molar-refractivity contribution in [3.8, 4) is 0 Å². The SMILES string of the molecule is COC(=O)C(=[N+]=[N-])C(=O)CC(NC(=O)OC(C)(C)C)C1CC1.COC(=O)C(=[N+]=[N-])C(=O)C[C@H](NS(=O)C(C)(C)C)C1CC1. The van der Waals surface area contributed by atoms with Gasteiger partial charge >= 0.3 is 29.5 Å². The number of ether oxygens (including phenoxy) is 3. The zero-order valence-corrected chi connectivity index (χ0v) is 26.7. The van der Waals surface area contributed by atoms with Crippen molar-refractivity contribution < 1.29 is 52.0 Å². The Balaban J connectivity index is 0.000000430. The van der Waals surface area contributed by atoms with Crippen molar-refractivity contribution in [2.45, 2.75) is 102 Å². The van der Waals surface area contributed by atoms with Crippen LogP contribution in [-0.4, -0.2) is 91.5 Å².